The van der Waals surface area contributed by atoms with Gasteiger partial charge in [0.05, 0.1) is 41.5 Å². The van der Waals surface area contributed by atoms with Crippen LogP contribution in [0.1, 0.15) is 38.7 Å². The Hall–Kier alpha value is -9.87. The predicted molar refractivity (Wildman–Crippen MR) is 334 cm³/mol. The molecule has 0 aliphatic heterocycles. The molecule has 0 bridgehead atoms. The van der Waals surface area contributed by atoms with Crippen LogP contribution in [0.15, 0.2) is 273 Å². The van der Waals surface area contributed by atoms with Crippen molar-refractivity contribution >= 4 is 54.6 Å². The zero-order chi connectivity index (χ0) is 63.4. The Bertz CT molecular complexity index is 5330. The molecule has 83 heavy (non-hydrogen) atoms. The largest absolute Gasteiger partial charge is 0.510 e. The van der Waals surface area contributed by atoms with Gasteiger partial charge in [0.15, 0.2) is 0 Å². The number of imidazole rings is 1. The number of fused-ring (bicyclic) bond motifs is 7. The summed E-state index contributed by atoms with van der Waals surface area (Å²) < 4.78 is 104. The van der Waals surface area contributed by atoms with Crippen molar-refractivity contribution in [2.24, 2.45) is 0 Å². The van der Waals surface area contributed by atoms with Gasteiger partial charge in [-0.25, -0.2) is 4.98 Å². The Kier molecular flexibility index (Phi) is 10.5. The van der Waals surface area contributed by atoms with E-state index in [0.29, 0.717) is 28.2 Å². The number of nitrogens with zero attached hydrogens (tertiary/aromatic N) is 5. The molecular formula is C76H53N5OPt-2. The van der Waals surface area contributed by atoms with E-state index in [9.17, 15) is 5.48 Å². The Balaban J connectivity index is 0.00000749. The van der Waals surface area contributed by atoms with Crippen molar-refractivity contribution in [3.63, 3.8) is 0 Å². The molecule has 4 heterocycles. The first kappa shape index (κ1) is 41.2. The predicted octanol–water partition coefficient (Wildman–Crippen LogP) is 18.2. The molecule has 0 atom stereocenters. The summed E-state index contributed by atoms with van der Waals surface area (Å²) in [5, 5.41) is 4.26. The van der Waals surface area contributed by atoms with Crippen LogP contribution in [0.4, 0.5) is 0 Å². The molecule has 400 valence electrons. The van der Waals surface area contributed by atoms with Gasteiger partial charge in [-0.15, -0.1) is 29.7 Å². The summed E-state index contributed by atoms with van der Waals surface area (Å²) in [6, 6.07) is 69.8. The van der Waals surface area contributed by atoms with Crippen LogP contribution in [0.2, 0.25) is 0 Å². The minimum Gasteiger partial charge on any atom is -0.510 e. The SMILES string of the molecule is [2H]c1c([2H])c([2H])c(-c2cccc(-c3c([2H])c([2H])c([2H])c([2H])c3[2H])c2-[n+]2[c-]n(-c3[c-]c(Oc4[c-]c5c(cc4)c4cc(-n6c7ccccc7c7ccccc76)ccc4n5-c4cc(CC(C)(C)c5ccccc5)ccn4)ccc3)c3ccc(-c4ccccc4)cc32)c([2H])c1[2H].[Pt]. The minimum absolute atomic E-state index is 0. The van der Waals surface area contributed by atoms with E-state index in [1.807, 2.05) is 79.0 Å². The van der Waals surface area contributed by atoms with E-state index in [1.54, 1.807) is 33.4 Å². The van der Waals surface area contributed by atoms with Gasteiger partial charge in [-0.1, -0.05) is 207 Å². The molecule has 0 saturated heterocycles. The third kappa shape index (κ3) is 9.22. The molecule has 7 heteroatoms. The Morgan fingerprint density at radius 3 is 1.84 bits per heavy atom. The summed E-state index contributed by atoms with van der Waals surface area (Å²) >= 11 is 0. The van der Waals surface area contributed by atoms with Crippen LogP contribution in [0.25, 0.3) is 111 Å². The van der Waals surface area contributed by atoms with Crippen molar-refractivity contribution in [1.82, 2.24) is 18.7 Å². The van der Waals surface area contributed by atoms with Gasteiger partial charge in [-0.3, -0.25) is 4.57 Å². The van der Waals surface area contributed by atoms with Crippen LogP contribution in [0.3, 0.4) is 0 Å². The molecule has 0 aliphatic carbocycles. The van der Waals surface area contributed by atoms with Crippen molar-refractivity contribution in [1.29, 1.82) is 0 Å². The zero-order valence-corrected chi connectivity index (χ0v) is 47.1. The first-order chi connectivity index (χ1) is 44.5. The summed E-state index contributed by atoms with van der Waals surface area (Å²) in [5.74, 6) is 1.46. The van der Waals surface area contributed by atoms with Gasteiger partial charge in [0.1, 0.15) is 5.82 Å². The molecular weight excluding hydrogens is 1190 g/mol. The van der Waals surface area contributed by atoms with Crippen LogP contribution in [-0.2, 0) is 32.9 Å². The summed E-state index contributed by atoms with van der Waals surface area (Å²) in [6.07, 6.45) is 6.15. The number of hydrogen-bond donors (Lipinski definition) is 0. The molecule has 0 unspecified atom stereocenters. The number of para-hydroxylation sites is 3. The number of benzene rings is 11. The average Bonchev–Trinajstić information content (AvgIpc) is 1.68. The number of hydrogen-bond acceptors (Lipinski definition) is 2. The van der Waals surface area contributed by atoms with Gasteiger partial charge in [0.25, 0.3) is 6.33 Å². The van der Waals surface area contributed by atoms with E-state index in [2.05, 4.69) is 151 Å². The van der Waals surface area contributed by atoms with Crippen molar-refractivity contribution in [3.8, 4) is 67.8 Å². The van der Waals surface area contributed by atoms with Crippen molar-refractivity contribution in [2.45, 2.75) is 25.7 Å². The van der Waals surface area contributed by atoms with Gasteiger partial charge in [0, 0.05) is 60.7 Å². The van der Waals surface area contributed by atoms with Crippen LogP contribution < -0.4 is 9.30 Å². The first-order valence-electron chi connectivity index (χ1n) is 32.1. The molecule has 0 aliphatic rings. The van der Waals surface area contributed by atoms with Crippen LogP contribution >= 0.6 is 0 Å². The maximum Gasteiger partial charge on any atom is 0.268 e. The second kappa shape index (κ2) is 21.2. The number of rotatable bonds is 12. The molecule has 15 aromatic rings. The molecule has 0 saturated carbocycles. The third-order valence-corrected chi connectivity index (χ3v) is 15.5. The van der Waals surface area contributed by atoms with Crippen LogP contribution in [-0.4, -0.2) is 18.7 Å². The van der Waals surface area contributed by atoms with Crippen molar-refractivity contribution in [2.75, 3.05) is 0 Å². The van der Waals surface area contributed by atoms with E-state index in [1.165, 1.54) is 16.3 Å². The van der Waals surface area contributed by atoms with Gasteiger partial charge >= 0.3 is 0 Å². The summed E-state index contributed by atoms with van der Waals surface area (Å²) in [4.78, 5) is 5.05. The van der Waals surface area contributed by atoms with Gasteiger partial charge in [-0.05, 0) is 116 Å². The third-order valence-electron chi connectivity index (χ3n) is 15.5. The van der Waals surface area contributed by atoms with E-state index in [4.69, 9.17) is 17.9 Å². The smallest absolute Gasteiger partial charge is 0.268 e. The molecule has 6 nitrogen and oxygen atoms in total. The number of ether oxygens (including phenoxy) is 1. The Morgan fingerprint density at radius 2 is 1.13 bits per heavy atom. The van der Waals surface area contributed by atoms with Crippen LogP contribution in [0, 0.1) is 18.5 Å². The maximum atomic E-state index is 9.25. The van der Waals surface area contributed by atoms with Crippen molar-refractivity contribution in [3.05, 3.63) is 302 Å². The van der Waals surface area contributed by atoms with E-state index in [0.717, 1.165) is 67.5 Å². The standard InChI is InChI=1S/C76H53N5O.Pt/c1-76(2,57-27-13-6-14-28-57)50-52-43-44-77-74(45-52)81-70-42-38-59(80-68-35-17-15-31-64(68)65-32-16-18-36-69(65)80)48-67(70)66-40-39-61(49-72(66)81)82-60-30-19-29-58(47-60)78-51-79(73-46-56(37-41-71(73)78)53-21-7-3-8-22-53)75-62(54-23-9-4-10-24-54)33-20-34-63(75)55-25-11-5-12-26-55;/h3-46,48H,50H2,1-2H3;/q-2;/i4D,5D,9D,10D,11D,12D,23D,24D,25D,26D;. The fourth-order valence-electron chi connectivity index (χ4n) is 11.7. The Morgan fingerprint density at radius 1 is 0.506 bits per heavy atom. The summed E-state index contributed by atoms with van der Waals surface area (Å²) in [6.45, 7) is 4.52. The molecule has 0 N–H and O–H groups in total. The monoisotopic (exact) mass is 1260 g/mol. The van der Waals surface area contributed by atoms with Crippen molar-refractivity contribution < 1.29 is 44.1 Å². The van der Waals surface area contributed by atoms with E-state index in [-0.39, 0.29) is 54.4 Å². The fourth-order valence-corrected chi connectivity index (χ4v) is 11.7. The molecule has 0 amide bonds. The molecule has 4 aromatic heterocycles. The zero-order valence-electron chi connectivity index (χ0n) is 54.9. The molecule has 11 aromatic carbocycles. The molecule has 15 rings (SSSR count). The first-order valence-corrected chi connectivity index (χ1v) is 27.1. The normalized spacial score (nSPS) is 13.4. The number of aromatic nitrogens is 5. The van der Waals surface area contributed by atoms with Crippen LogP contribution in [0.5, 0.6) is 11.5 Å². The number of pyridine rings is 1. The minimum atomic E-state index is -0.584. The average molecular weight is 1260 g/mol. The fraction of sp³-hybridized carbons (Fsp3) is 0.0526. The Labute approximate surface area is 510 Å². The summed E-state index contributed by atoms with van der Waals surface area (Å²) in [7, 11) is 0. The quantitative estimate of drug-likeness (QED) is 0.0903. The van der Waals surface area contributed by atoms with Gasteiger partial charge < -0.3 is 18.4 Å². The van der Waals surface area contributed by atoms with Gasteiger partial charge in [-0.2, -0.15) is 18.2 Å². The molecule has 0 radical (unpaired) electrons. The van der Waals surface area contributed by atoms with E-state index < -0.39 is 60.4 Å². The second-order valence-electron chi connectivity index (χ2n) is 21.0. The summed E-state index contributed by atoms with van der Waals surface area (Å²) in [5.41, 5.74) is 10.4. The van der Waals surface area contributed by atoms with Gasteiger partial charge in [0.2, 0.25) is 0 Å². The van der Waals surface area contributed by atoms with E-state index >= 15 is 0 Å². The second-order valence-corrected chi connectivity index (χ2v) is 21.0. The molecule has 0 fully saturated rings. The topological polar surface area (TPSA) is 40.8 Å². The maximum absolute atomic E-state index is 9.25. The molecule has 0 spiro atoms.